The van der Waals surface area contributed by atoms with Crippen LogP contribution in [0.4, 0.5) is 0 Å². The maximum absolute atomic E-state index is 5.09. The van der Waals surface area contributed by atoms with Gasteiger partial charge in [0.05, 0.1) is 6.61 Å². The number of methoxy groups -OCH3 is 1. The molecule has 0 fully saturated rings. The zero-order valence-corrected chi connectivity index (χ0v) is 5.76. The van der Waals surface area contributed by atoms with Crippen LogP contribution in [0, 0.1) is 0 Å². The van der Waals surface area contributed by atoms with Crippen molar-refractivity contribution in [3.63, 3.8) is 0 Å². The second-order valence-corrected chi connectivity index (χ2v) is 2.07. The molecule has 0 aliphatic carbocycles. The van der Waals surface area contributed by atoms with E-state index in [4.69, 9.17) is 9.47 Å². The number of hydrogen-bond donors (Lipinski definition) is 0. The minimum Gasteiger partial charge on any atom is -0.479 e. The van der Waals surface area contributed by atoms with Crippen LogP contribution in [0.1, 0.15) is 6.92 Å². The van der Waals surface area contributed by atoms with Crippen molar-refractivity contribution in [3.8, 4) is 0 Å². The fourth-order valence-electron chi connectivity index (χ4n) is 0.826. The van der Waals surface area contributed by atoms with Crippen LogP contribution in [0.25, 0.3) is 0 Å². The molecule has 3 heteroatoms. The topological polar surface area (TPSA) is 30.8 Å². The molecule has 0 bridgehead atoms. The number of aliphatic imine (C=N–C) groups is 1. The molecule has 0 unspecified atom stereocenters. The third-order valence-corrected chi connectivity index (χ3v) is 1.21. The van der Waals surface area contributed by atoms with Crippen LogP contribution in [0.15, 0.2) is 4.99 Å². The quantitative estimate of drug-likeness (QED) is 0.542. The molecule has 3 nitrogen and oxygen atoms in total. The Bertz CT molecular complexity index is 122. The lowest BCUT2D eigenvalue weighted by atomic mass is 10.4. The molecule has 1 aliphatic heterocycles. The molecule has 1 heterocycles. The molecule has 0 aromatic heterocycles. The number of rotatable bonds is 2. The normalized spacial score (nSPS) is 25.6. The fraction of sp³-hybridized carbons (Fsp3) is 0.833. The zero-order chi connectivity index (χ0) is 6.69. The highest BCUT2D eigenvalue weighted by Gasteiger charge is 2.14. The zero-order valence-electron chi connectivity index (χ0n) is 5.76. The van der Waals surface area contributed by atoms with Crippen LogP contribution >= 0.6 is 0 Å². The summed E-state index contributed by atoms with van der Waals surface area (Å²) in [4.78, 5) is 4.15. The predicted molar refractivity (Wildman–Crippen MR) is 34.7 cm³/mol. The first-order valence-electron chi connectivity index (χ1n) is 2.99. The van der Waals surface area contributed by atoms with Crippen LogP contribution < -0.4 is 0 Å². The molecule has 1 rings (SSSR count). The van der Waals surface area contributed by atoms with E-state index in [-0.39, 0.29) is 6.04 Å². The fourth-order valence-corrected chi connectivity index (χ4v) is 0.826. The SMILES string of the molecule is COC[C@@H]1COC(C)=N1. The Balaban J connectivity index is 2.29. The Morgan fingerprint density at radius 1 is 1.89 bits per heavy atom. The third kappa shape index (κ3) is 1.68. The maximum atomic E-state index is 5.09. The van der Waals surface area contributed by atoms with E-state index in [9.17, 15) is 0 Å². The van der Waals surface area contributed by atoms with Crippen molar-refractivity contribution >= 4 is 5.90 Å². The van der Waals surface area contributed by atoms with E-state index in [1.54, 1.807) is 7.11 Å². The predicted octanol–water partition coefficient (Wildman–Crippen LogP) is 0.450. The van der Waals surface area contributed by atoms with Gasteiger partial charge in [-0.2, -0.15) is 0 Å². The standard InChI is InChI=1S/C6H11NO2/c1-5-7-6(3-8-2)4-9-5/h6H,3-4H2,1-2H3/t6-/m1/s1. The third-order valence-electron chi connectivity index (χ3n) is 1.21. The molecule has 52 valence electrons. The van der Waals surface area contributed by atoms with Gasteiger partial charge in [0, 0.05) is 14.0 Å². The first-order chi connectivity index (χ1) is 4.33. The Morgan fingerprint density at radius 2 is 2.67 bits per heavy atom. The highest BCUT2D eigenvalue weighted by molar-refractivity contribution is 5.74. The van der Waals surface area contributed by atoms with E-state index in [1.807, 2.05) is 6.92 Å². The van der Waals surface area contributed by atoms with Gasteiger partial charge in [-0.1, -0.05) is 0 Å². The van der Waals surface area contributed by atoms with Crippen molar-refractivity contribution in [3.05, 3.63) is 0 Å². The van der Waals surface area contributed by atoms with Gasteiger partial charge in [0.15, 0.2) is 5.90 Å². The maximum Gasteiger partial charge on any atom is 0.180 e. The van der Waals surface area contributed by atoms with Gasteiger partial charge in [-0.15, -0.1) is 0 Å². The monoisotopic (exact) mass is 129 g/mol. The molecule has 1 aliphatic rings. The Hall–Kier alpha value is -0.570. The van der Waals surface area contributed by atoms with Gasteiger partial charge >= 0.3 is 0 Å². The molecule has 0 aromatic rings. The summed E-state index contributed by atoms with van der Waals surface area (Å²) in [6, 6.07) is 0.231. The van der Waals surface area contributed by atoms with Crippen LogP contribution in [0.2, 0.25) is 0 Å². The van der Waals surface area contributed by atoms with Crippen LogP contribution in [0.5, 0.6) is 0 Å². The summed E-state index contributed by atoms with van der Waals surface area (Å²) in [6.07, 6.45) is 0. The van der Waals surface area contributed by atoms with Crippen LogP contribution in [0.3, 0.4) is 0 Å². The lowest BCUT2D eigenvalue weighted by Crippen LogP contribution is -2.12. The minimum atomic E-state index is 0.231. The van der Waals surface area contributed by atoms with Crippen LogP contribution in [-0.4, -0.2) is 32.3 Å². The molecule has 9 heavy (non-hydrogen) atoms. The number of ether oxygens (including phenoxy) is 2. The highest BCUT2D eigenvalue weighted by atomic mass is 16.5. The van der Waals surface area contributed by atoms with Gasteiger partial charge in [0.2, 0.25) is 0 Å². The van der Waals surface area contributed by atoms with E-state index >= 15 is 0 Å². The lowest BCUT2D eigenvalue weighted by molar-refractivity contribution is 0.164. The van der Waals surface area contributed by atoms with Crippen LogP contribution in [-0.2, 0) is 9.47 Å². The van der Waals surface area contributed by atoms with Crippen molar-refractivity contribution in [1.29, 1.82) is 0 Å². The van der Waals surface area contributed by atoms with Crippen molar-refractivity contribution in [1.82, 2.24) is 0 Å². The smallest absolute Gasteiger partial charge is 0.180 e. The van der Waals surface area contributed by atoms with E-state index in [0.29, 0.717) is 13.2 Å². The molecule has 0 N–H and O–H groups in total. The van der Waals surface area contributed by atoms with E-state index < -0.39 is 0 Å². The molecular formula is C6H11NO2. The minimum absolute atomic E-state index is 0.231. The summed E-state index contributed by atoms with van der Waals surface area (Å²) in [5, 5.41) is 0. The second-order valence-electron chi connectivity index (χ2n) is 2.07. The average Bonchev–Trinajstić information content (AvgIpc) is 2.17. The van der Waals surface area contributed by atoms with E-state index in [0.717, 1.165) is 5.90 Å². The molecule has 1 atom stereocenters. The van der Waals surface area contributed by atoms with E-state index in [1.165, 1.54) is 0 Å². The summed E-state index contributed by atoms with van der Waals surface area (Å²) < 4.78 is 9.97. The van der Waals surface area contributed by atoms with Crippen molar-refractivity contribution in [2.45, 2.75) is 13.0 Å². The summed E-state index contributed by atoms with van der Waals surface area (Å²) in [5.74, 6) is 0.775. The molecule has 0 spiro atoms. The number of hydrogen-bond acceptors (Lipinski definition) is 3. The average molecular weight is 129 g/mol. The summed E-state index contributed by atoms with van der Waals surface area (Å²) in [7, 11) is 1.67. The van der Waals surface area contributed by atoms with Crippen molar-refractivity contribution in [2.24, 2.45) is 4.99 Å². The summed E-state index contributed by atoms with van der Waals surface area (Å²) >= 11 is 0. The molecule has 0 radical (unpaired) electrons. The van der Waals surface area contributed by atoms with Gasteiger partial charge in [0.25, 0.3) is 0 Å². The van der Waals surface area contributed by atoms with Gasteiger partial charge < -0.3 is 9.47 Å². The van der Waals surface area contributed by atoms with Gasteiger partial charge in [-0.3, -0.25) is 0 Å². The highest BCUT2D eigenvalue weighted by Crippen LogP contribution is 2.03. The summed E-state index contributed by atoms with van der Waals surface area (Å²) in [6.45, 7) is 3.20. The summed E-state index contributed by atoms with van der Waals surface area (Å²) in [5.41, 5.74) is 0. The largest absolute Gasteiger partial charge is 0.479 e. The van der Waals surface area contributed by atoms with Crippen molar-refractivity contribution < 1.29 is 9.47 Å². The Morgan fingerprint density at radius 3 is 3.11 bits per heavy atom. The molecule has 0 saturated heterocycles. The van der Waals surface area contributed by atoms with E-state index in [2.05, 4.69) is 4.99 Å². The Kier molecular flexibility index (Phi) is 2.05. The van der Waals surface area contributed by atoms with Gasteiger partial charge in [0.1, 0.15) is 12.6 Å². The Labute approximate surface area is 54.7 Å². The molecule has 0 saturated carbocycles. The molecule has 0 amide bonds. The van der Waals surface area contributed by atoms with Crippen molar-refractivity contribution in [2.75, 3.05) is 20.3 Å². The second kappa shape index (κ2) is 2.82. The van der Waals surface area contributed by atoms with Gasteiger partial charge in [-0.05, 0) is 0 Å². The first-order valence-corrected chi connectivity index (χ1v) is 2.99. The molecular weight excluding hydrogens is 118 g/mol. The molecule has 0 aromatic carbocycles. The lowest BCUT2D eigenvalue weighted by Gasteiger charge is -2.00. The van der Waals surface area contributed by atoms with Gasteiger partial charge in [-0.25, -0.2) is 4.99 Å². The number of nitrogens with zero attached hydrogens (tertiary/aromatic N) is 1. The first kappa shape index (κ1) is 6.55.